The first-order valence-electron chi connectivity index (χ1n) is 8.22. The third-order valence-electron chi connectivity index (χ3n) is 3.79. The van der Waals surface area contributed by atoms with Crippen molar-refractivity contribution in [2.24, 2.45) is 10.2 Å². The van der Waals surface area contributed by atoms with Crippen molar-refractivity contribution in [3.05, 3.63) is 41.7 Å². The molecule has 7 nitrogen and oxygen atoms in total. The van der Waals surface area contributed by atoms with Crippen molar-refractivity contribution < 1.29 is 9.84 Å². The number of aromatic hydroxyl groups is 1. The molecule has 0 atom stereocenters. The summed E-state index contributed by atoms with van der Waals surface area (Å²) >= 11 is 0. The molecule has 0 aliphatic carbocycles. The molecule has 0 bridgehead atoms. The van der Waals surface area contributed by atoms with E-state index >= 15 is 0 Å². The molecule has 0 spiro atoms. The number of benzene rings is 1. The van der Waals surface area contributed by atoms with Gasteiger partial charge >= 0.3 is 0 Å². The molecule has 2 heterocycles. The lowest BCUT2D eigenvalue weighted by Crippen LogP contribution is -2.05. The highest BCUT2D eigenvalue weighted by molar-refractivity contribution is 5.94. The van der Waals surface area contributed by atoms with E-state index in [1.54, 1.807) is 4.57 Å². The molecule has 1 N–H and O–H groups in total. The monoisotopic (exact) mass is 339 g/mol. The van der Waals surface area contributed by atoms with E-state index in [-0.39, 0.29) is 11.8 Å². The van der Waals surface area contributed by atoms with Crippen LogP contribution in [0.25, 0.3) is 10.9 Å². The summed E-state index contributed by atoms with van der Waals surface area (Å²) in [5.41, 5.74) is 2.94. The molecule has 3 rings (SSSR count). The number of nitrogens with zero attached hydrogens (tertiary/aromatic N) is 5. The average molecular weight is 339 g/mol. The van der Waals surface area contributed by atoms with Crippen LogP contribution in [0.15, 0.2) is 40.6 Å². The van der Waals surface area contributed by atoms with Crippen molar-refractivity contribution in [3.63, 3.8) is 0 Å². The smallest absolute Gasteiger partial charge is 0.269 e. The highest BCUT2D eigenvalue weighted by Crippen LogP contribution is 2.39. The molecule has 0 fully saturated rings. The van der Waals surface area contributed by atoms with Gasteiger partial charge < -0.3 is 14.4 Å². The maximum Gasteiger partial charge on any atom is 0.269 e. The van der Waals surface area contributed by atoms with Crippen molar-refractivity contribution in [1.82, 2.24) is 14.5 Å². The number of hydrogen-bond acceptors (Lipinski definition) is 6. The van der Waals surface area contributed by atoms with Gasteiger partial charge in [0, 0.05) is 29.9 Å². The summed E-state index contributed by atoms with van der Waals surface area (Å²) in [4.78, 5) is 8.49. The lowest BCUT2D eigenvalue weighted by Gasteiger charge is -2.06. The predicted octanol–water partition coefficient (Wildman–Crippen LogP) is 4.21. The number of rotatable bonds is 6. The first kappa shape index (κ1) is 17.0. The molecular formula is C18H21N5O2. The average Bonchev–Trinajstić information content (AvgIpc) is 2.84. The minimum atomic E-state index is 0.0639. The SMILES string of the molecule is CCOCCn1c(O)c(N=Nc2nc(C)cc(C)n2)c2ccccc21. The van der Waals surface area contributed by atoms with Gasteiger partial charge in [0.1, 0.15) is 0 Å². The highest BCUT2D eigenvalue weighted by atomic mass is 16.5. The number of ether oxygens (including phenoxy) is 1. The van der Waals surface area contributed by atoms with E-state index in [9.17, 15) is 5.11 Å². The minimum Gasteiger partial charge on any atom is -0.493 e. The highest BCUT2D eigenvalue weighted by Gasteiger charge is 2.16. The fourth-order valence-electron chi connectivity index (χ4n) is 2.74. The topological polar surface area (TPSA) is 84.9 Å². The summed E-state index contributed by atoms with van der Waals surface area (Å²) in [5, 5.41) is 19.8. The number of aromatic nitrogens is 3. The number of hydrogen-bond donors (Lipinski definition) is 1. The number of para-hydroxylation sites is 1. The van der Waals surface area contributed by atoms with Gasteiger partial charge in [0.15, 0.2) is 5.69 Å². The lowest BCUT2D eigenvalue weighted by atomic mass is 10.2. The zero-order chi connectivity index (χ0) is 17.8. The van der Waals surface area contributed by atoms with Crippen molar-refractivity contribution in [2.45, 2.75) is 27.3 Å². The van der Waals surface area contributed by atoms with E-state index in [1.165, 1.54) is 0 Å². The van der Waals surface area contributed by atoms with E-state index < -0.39 is 0 Å². The molecule has 0 amide bonds. The lowest BCUT2D eigenvalue weighted by molar-refractivity contribution is 0.138. The predicted molar refractivity (Wildman–Crippen MR) is 95.8 cm³/mol. The molecule has 7 heteroatoms. The molecular weight excluding hydrogens is 318 g/mol. The Labute approximate surface area is 146 Å². The second-order valence-corrected chi connectivity index (χ2v) is 5.69. The van der Waals surface area contributed by atoms with E-state index in [1.807, 2.05) is 51.1 Å². The molecule has 0 saturated heterocycles. The molecule has 3 aromatic rings. The van der Waals surface area contributed by atoms with Crippen LogP contribution in [-0.4, -0.2) is 32.9 Å². The summed E-state index contributed by atoms with van der Waals surface area (Å²) in [5.74, 6) is 0.345. The van der Waals surface area contributed by atoms with Gasteiger partial charge in [-0.1, -0.05) is 18.2 Å². The van der Waals surface area contributed by atoms with E-state index in [4.69, 9.17) is 4.74 Å². The van der Waals surface area contributed by atoms with Crippen molar-refractivity contribution >= 4 is 22.5 Å². The maximum atomic E-state index is 10.6. The van der Waals surface area contributed by atoms with Gasteiger partial charge in [0.2, 0.25) is 5.88 Å². The third kappa shape index (κ3) is 3.66. The van der Waals surface area contributed by atoms with Crippen LogP contribution in [0.1, 0.15) is 18.3 Å². The van der Waals surface area contributed by atoms with E-state index in [2.05, 4.69) is 20.2 Å². The van der Waals surface area contributed by atoms with Crippen LogP contribution in [-0.2, 0) is 11.3 Å². The molecule has 130 valence electrons. The van der Waals surface area contributed by atoms with E-state index in [0.717, 1.165) is 22.3 Å². The fourth-order valence-corrected chi connectivity index (χ4v) is 2.74. The molecule has 0 aliphatic heterocycles. The van der Waals surface area contributed by atoms with Crippen LogP contribution in [0.4, 0.5) is 11.6 Å². The van der Waals surface area contributed by atoms with Crippen LogP contribution >= 0.6 is 0 Å². The van der Waals surface area contributed by atoms with Crippen LogP contribution < -0.4 is 0 Å². The number of azo groups is 1. The van der Waals surface area contributed by atoms with Crippen LogP contribution in [0.3, 0.4) is 0 Å². The molecule has 0 saturated carbocycles. The normalized spacial score (nSPS) is 11.6. The molecule has 0 radical (unpaired) electrons. The Kier molecular flexibility index (Phi) is 5.04. The zero-order valence-corrected chi connectivity index (χ0v) is 14.6. The Morgan fingerprint density at radius 1 is 1.12 bits per heavy atom. The number of fused-ring (bicyclic) bond motifs is 1. The first-order chi connectivity index (χ1) is 12.1. The Morgan fingerprint density at radius 3 is 2.56 bits per heavy atom. The summed E-state index contributed by atoms with van der Waals surface area (Å²) in [6.07, 6.45) is 0. The molecule has 2 aromatic heterocycles. The molecule has 25 heavy (non-hydrogen) atoms. The van der Waals surface area contributed by atoms with Gasteiger partial charge in [0.05, 0.1) is 12.1 Å². The number of aryl methyl sites for hydroxylation is 2. The van der Waals surface area contributed by atoms with E-state index in [0.29, 0.717) is 25.4 Å². The van der Waals surface area contributed by atoms with Crippen LogP contribution in [0.5, 0.6) is 5.88 Å². The summed E-state index contributed by atoms with van der Waals surface area (Å²) in [6.45, 7) is 7.39. The Hall–Kier alpha value is -2.80. The largest absolute Gasteiger partial charge is 0.493 e. The summed E-state index contributed by atoms with van der Waals surface area (Å²) < 4.78 is 7.18. The van der Waals surface area contributed by atoms with Crippen molar-refractivity contribution in [3.8, 4) is 5.88 Å². The molecule has 0 unspecified atom stereocenters. The standard InChI is InChI=1S/C18H21N5O2/c1-4-25-10-9-23-15-8-6-5-7-14(15)16(17(23)24)21-22-18-19-12(2)11-13(3)20-18/h5-8,11,24H,4,9-10H2,1-3H3. The summed E-state index contributed by atoms with van der Waals surface area (Å²) in [7, 11) is 0. The second kappa shape index (κ2) is 7.40. The quantitative estimate of drug-likeness (QED) is 0.538. The van der Waals surface area contributed by atoms with Crippen molar-refractivity contribution in [1.29, 1.82) is 0 Å². The Morgan fingerprint density at radius 2 is 1.84 bits per heavy atom. The van der Waals surface area contributed by atoms with Gasteiger partial charge in [-0.05, 0) is 32.9 Å². The minimum absolute atomic E-state index is 0.0639. The van der Waals surface area contributed by atoms with Gasteiger partial charge in [-0.25, -0.2) is 9.97 Å². The summed E-state index contributed by atoms with van der Waals surface area (Å²) in [6, 6.07) is 9.54. The van der Waals surface area contributed by atoms with Crippen LogP contribution in [0, 0.1) is 13.8 Å². The van der Waals surface area contributed by atoms with Gasteiger partial charge in [-0.2, -0.15) is 0 Å². The second-order valence-electron chi connectivity index (χ2n) is 5.69. The maximum absolute atomic E-state index is 10.6. The molecule has 0 aliphatic rings. The van der Waals surface area contributed by atoms with Crippen molar-refractivity contribution in [2.75, 3.05) is 13.2 Å². The van der Waals surface area contributed by atoms with Gasteiger partial charge in [-0.15, -0.1) is 10.2 Å². The van der Waals surface area contributed by atoms with Gasteiger partial charge in [-0.3, -0.25) is 0 Å². The first-order valence-corrected chi connectivity index (χ1v) is 8.22. The van der Waals surface area contributed by atoms with Crippen LogP contribution in [0.2, 0.25) is 0 Å². The Bertz CT molecular complexity index is 897. The Balaban J connectivity index is 2.00. The van der Waals surface area contributed by atoms with Gasteiger partial charge in [0.25, 0.3) is 5.95 Å². The fraction of sp³-hybridized carbons (Fsp3) is 0.333. The third-order valence-corrected chi connectivity index (χ3v) is 3.79. The zero-order valence-electron chi connectivity index (χ0n) is 14.6. The molecule has 1 aromatic carbocycles.